The number of carbonyl (C=O) groups is 1. The molecule has 1 aromatic carbocycles. The van der Waals surface area contributed by atoms with Crippen molar-refractivity contribution in [1.82, 2.24) is 5.32 Å². The van der Waals surface area contributed by atoms with E-state index in [0.29, 0.717) is 18.8 Å². The van der Waals surface area contributed by atoms with Gasteiger partial charge in [0.05, 0.1) is 12.1 Å². The van der Waals surface area contributed by atoms with Gasteiger partial charge in [0.25, 0.3) is 0 Å². The predicted octanol–water partition coefficient (Wildman–Crippen LogP) is 3.19. The number of amides is 1. The number of hydrogen-bond donors (Lipinski definition) is 1. The number of carbonyl (C=O) groups excluding carboxylic acids is 1. The smallest absolute Gasteiger partial charge is 0.240 e. The van der Waals surface area contributed by atoms with Crippen LogP contribution in [0, 0.1) is 22.7 Å². The van der Waals surface area contributed by atoms with Crippen LogP contribution in [0.15, 0.2) is 30.3 Å². The summed E-state index contributed by atoms with van der Waals surface area (Å²) in [4.78, 5) is 12.3. The van der Waals surface area contributed by atoms with Crippen LogP contribution in [0.3, 0.4) is 0 Å². The largest absolute Gasteiger partial charge is 0.348 e. The molecular weight excluding hydrogens is 236 g/mol. The molecule has 1 aromatic rings. The van der Waals surface area contributed by atoms with Crippen LogP contribution in [-0.2, 0) is 4.79 Å². The molecule has 1 aliphatic rings. The maximum absolute atomic E-state index is 12.3. The maximum Gasteiger partial charge on any atom is 0.240 e. The lowest BCUT2D eigenvalue weighted by atomic mass is 9.63. The summed E-state index contributed by atoms with van der Waals surface area (Å²) >= 11 is 0. The van der Waals surface area contributed by atoms with Crippen molar-refractivity contribution in [1.29, 1.82) is 5.26 Å². The topological polar surface area (TPSA) is 52.9 Å². The van der Waals surface area contributed by atoms with Crippen molar-refractivity contribution in [2.24, 2.45) is 11.3 Å². The summed E-state index contributed by atoms with van der Waals surface area (Å²) in [7, 11) is 0. The molecule has 3 nitrogen and oxygen atoms in total. The minimum absolute atomic E-state index is 0.00479. The van der Waals surface area contributed by atoms with Gasteiger partial charge in [-0.15, -0.1) is 0 Å². The number of nitrogens with zero attached hydrogens (tertiary/aromatic N) is 1. The molecule has 1 fully saturated rings. The van der Waals surface area contributed by atoms with Crippen molar-refractivity contribution >= 4 is 5.91 Å². The van der Waals surface area contributed by atoms with Crippen LogP contribution in [0.1, 0.15) is 44.7 Å². The normalized spacial score (nSPS) is 26.9. The summed E-state index contributed by atoms with van der Waals surface area (Å²) in [5.74, 6) is 0.367. The molecule has 0 radical (unpaired) electrons. The Morgan fingerprint density at radius 2 is 2.11 bits per heavy atom. The molecule has 1 aliphatic carbocycles. The van der Waals surface area contributed by atoms with Gasteiger partial charge in [-0.1, -0.05) is 44.2 Å². The fourth-order valence-electron chi connectivity index (χ4n) is 2.86. The van der Waals surface area contributed by atoms with Crippen LogP contribution >= 0.6 is 0 Å². The Bertz CT molecular complexity index is 483. The van der Waals surface area contributed by atoms with Gasteiger partial charge in [-0.3, -0.25) is 4.79 Å². The molecule has 0 spiro atoms. The number of hydrogen-bond acceptors (Lipinski definition) is 2. The van der Waals surface area contributed by atoms with Gasteiger partial charge in [0.15, 0.2) is 0 Å². The monoisotopic (exact) mass is 256 g/mol. The zero-order chi connectivity index (χ0) is 13.9. The quantitative estimate of drug-likeness (QED) is 0.899. The Morgan fingerprint density at radius 1 is 1.47 bits per heavy atom. The average molecular weight is 256 g/mol. The highest BCUT2D eigenvalue weighted by molar-refractivity contribution is 5.86. The molecule has 19 heavy (non-hydrogen) atoms. The third-order valence-electron chi connectivity index (χ3n) is 3.96. The standard InChI is InChI=1S/C16H20N2O/c1-3-14(13-7-5-4-6-8-13)18-15(19)16(11-17)9-12(2)10-16/h4-8,12,14H,3,9-10H2,1-2H3,(H,18,19). The number of rotatable bonds is 4. The Hall–Kier alpha value is -1.82. The van der Waals surface area contributed by atoms with E-state index in [0.717, 1.165) is 12.0 Å². The molecule has 2 rings (SSSR count). The molecule has 1 amide bonds. The fourth-order valence-corrected chi connectivity index (χ4v) is 2.86. The fraction of sp³-hybridized carbons (Fsp3) is 0.500. The highest BCUT2D eigenvalue weighted by atomic mass is 16.2. The predicted molar refractivity (Wildman–Crippen MR) is 74.1 cm³/mol. The molecule has 0 aromatic heterocycles. The van der Waals surface area contributed by atoms with E-state index in [1.165, 1.54) is 0 Å². The van der Waals surface area contributed by atoms with E-state index >= 15 is 0 Å². The highest BCUT2D eigenvalue weighted by Gasteiger charge is 2.49. The molecule has 1 atom stereocenters. The molecule has 1 unspecified atom stereocenters. The summed E-state index contributed by atoms with van der Waals surface area (Å²) in [6.45, 7) is 4.12. The second kappa shape index (κ2) is 5.44. The molecule has 0 heterocycles. The molecule has 0 aliphatic heterocycles. The van der Waals surface area contributed by atoms with Crippen LogP contribution in [-0.4, -0.2) is 5.91 Å². The van der Waals surface area contributed by atoms with E-state index < -0.39 is 5.41 Å². The molecule has 1 N–H and O–H groups in total. The highest BCUT2D eigenvalue weighted by Crippen LogP contribution is 2.45. The Morgan fingerprint density at radius 3 is 2.58 bits per heavy atom. The van der Waals surface area contributed by atoms with Crippen molar-refractivity contribution < 1.29 is 4.79 Å². The molecule has 1 saturated carbocycles. The Balaban J connectivity index is 2.07. The van der Waals surface area contributed by atoms with Gasteiger partial charge in [0, 0.05) is 0 Å². The zero-order valence-corrected chi connectivity index (χ0v) is 11.5. The maximum atomic E-state index is 12.3. The lowest BCUT2D eigenvalue weighted by molar-refractivity contribution is -0.134. The number of benzene rings is 1. The molecule has 3 heteroatoms. The van der Waals surface area contributed by atoms with Gasteiger partial charge >= 0.3 is 0 Å². The first kappa shape index (κ1) is 13.6. The Kier molecular flexibility index (Phi) is 3.90. The van der Waals surface area contributed by atoms with Gasteiger partial charge in [0.1, 0.15) is 5.41 Å². The van der Waals surface area contributed by atoms with Crippen LogP contribution in [0.2, 0.25) is 0 Å². The second-order valence-corrected chi connectivity index (χ2v) is 5.55. The van der Waals surface area contributed by atoms with Crippen molar-refractivity contribution in [2.45, 2.75) is 39.2 Å². The van der Waals surface area contributed by atoms with Crippen molar-refractivity contribution in [3.05, 3.63) is 35.9 Å². The zero-order valence-electron chi connectivity index (χ0n) is 11.5. The number of nitrogens with one attached hydrogen (secondary N) is 1. The first-order valence-electron chi connectivity index (χ1n) is 6.88. The average Bonchev–Trinajstić information content (AvgIpc) is 2.41. The minimum Gasteiger partial charge on any atom is -0.348 e. The summed E-state index contributed by atoms with van der Waals surface area (Å²) in [5, 5.41) is 12.3. The molecule has 0 saturated heterocycles. The summed E-state index contributed by atoms with van der Waals surface area (Å²) < 4.78 is 0. The summed E-state index contributed by atoms with van der Waals surface area (Å²) in [6.07, 6.45) is 2.19. The van der Waals surface area contributed by atoms with E-state index in [1.54, 1.807) is 0 Å². The van der Waals surface area contributed by atoms with Crippen molar-refractivity contribution in [3.8, 4) is 6.07 Å². The number of nitriles is 1. The van der Waals surface area contributed by atoms with E-state index in [4.69, 9.17) is 0 Å². The van der Waals surface area contributed by atoms with Gasteiger partial charge in [-0.05, 0) is 30.7 Å². The SMILES string of the molecule is CCC(NC(=O)C1(C#N)CC(C)C1)c1ccccc1. The third-order valence-corrected chi connectivity index (χ3v) is 3.96. The second-order valence-electron chi connectivity index (χ2n) is 5.55. The van der Waals surface area contributed by atoms with Crippen molar-refractivity contribution in [2.75, 3.05) is 0 Å². The van der Waals surface area contributed by atoms with E-state index in [9.17, 15) is 10.1 Å². The minimum atomic E-state index is -0.790. The Labute approximate surface area is 114 Å². The molecule has 100 valence electrons. The van der Waals surface area contributed by atoms with Crippen LogP contribution < -0.4 is 5.32 Å². The van der Waals surface area contributed by atoms with E-state index in [2.05, 4.69) is 18.3 Å². The van der Waals surface area contributed by atoms with Gasteiger partial charge in [0.2, 0.25) is 5.91 Å². The lowest BCUT2D eigenvalue weighted by Crippen LogP contribution is -2.49. The van der Waals surface area contributed by atoms with Crippen LogP contribution in [0.25, 0.3) is 0 Å². The van der Waals surface area contributed by atoms with E-state index in [1.807, 2.05) is 37.3 Å². The first-order valence-corrected chi connectivity index (χ1v) is 6.88. The third kappa shape index (κ3) is 2.63. The summed E-state index contributed by atoms with van der Waals surface area (Å²) in [6, 6.07) is 12.1. The molecular formula is C16H20N2O. The van der Waals surface area contributed by atoms with Gasteiger partial charge < -0.3 is 5.32 Å². The van der Waals surface area contributed by atoms with Crippen LogP contribution in [0.5, 0.6) is 0 Å². The van der Waals surface area contributed by atoms with Gasteiger partial charge in [-0.25, -0.2) is 0 Å². The first-order chi connectivity index (χ1) is 9.11. The van der Waals surface area contributed by atoms with Gasteiger partial charge in [-0.2, -0.15) is 5.26 Å². The summed E-state index contributed by atoms with van der Waals surface area (Å²) in [5.41, 5.74) is 0.306. The lowest BCUT2D eigenvalue weighted by Gasteiger charge is -2.40. The molecule has 0 bridgehead atoms. The van der Waals surface area contributed by atoms with Crippen molar-refractivity contribution in [3.63, 3.8) is 0 Å². The van der Waals surface area contributed by atoms with Crippen LogP contribution in [0.4, 0.5) is 0 Å². The van der Waals surface area contributed by atoms with E-state index in [-0.39, 0.29) is 11.9 Å².